The molecule has 6 nitrogen and oxygen atoms in total. The van der Waals surface area contributed by atoms with Crippen LogP contribution in [0.25, 0.3) is 0 Å². The van der Waals surface area contributed by atoms with Gasteiger partial charge in [0.1, 0.15) is 5.69 Å². The largest absolute Gasteiger partial charge is 0.333 e. The summed E-state index contributed by atoms with van der Waals surface area (Å²) in [4.78, 5) is 10.4. The van der Waals surface area contributed by atoms with Gasteiger partial charge in [0, 0.05) is 30.4 Å². The number of aryl methyl sites for hydroxylation is 1. The van der Waals surface area contributed by atoms with Gasteiger partial charge in [-0.3, -0.25) is 14.8 Å². The summed E-state index contributed by atoms with van der Waals surface area (Å²) in [5, 5.41) is 18.1. The number of benzene rings is 1. The maximum Gasteiger partial charge on any atom is 0.294 e. The summed E-state index contributed by atoms with van der Waals surface area (Å²) in [5.74, 6) is 0.540. The van der Waals surface area contributed by atoms with Crippen LogP contribution in [0.15, 0.2) is 30.5 Å². The molecule has 1 aromatic carbocycles. The molecule has 0 spiro atoms. The zero-order valence-electron chi connectivity index (χ0n) is 8.92. The van der Waals surface area contributed by atoms with E-state index in [0.717, 1.165) is 0 Å². The third-order valence-electron chi connectivity index (χ3n) is 2.13. The van der Waals surface area contributed by atoms with Crippen molar-refractivity contribution in [2.75, 3.05) is 5.32 Å². The van der Waals surface area contributed by atoms with E-state index in [4.69, 9.17) is 11.6 Å². The zero-order valence-corrected chi connectivity index (χ0v) is 9.68. The molecule has 1 aromatic heterocycles. The van der Waals surface area contributed by atoms with E-state index < -0.39 is 4.92 Å². The third-order valence-corrected chi connectivity index (χ3v) is 2.37. The first-order chi connectivity index (χ1) is 8.06. The van der Waals surface area contributed by atoms with Gasteiger partial charge in [-0.2, -0.15) is 5.10 Å². The van der Waals surface area contributed by atoms with Crippen molar-refractivity contribution in [3.63, 3.8) is 0 Å². The Morgan fingerprint density at radius 2 is 2.24 bits per heavy atom. The first-order valence-corrected chi connectivity index (χ1v) is 5.14. The average molecular weight is 253 g/mol. The molecule has 0 aliphatic heterocycles. The van der Waals surface area contributed by atoms with Crippen LogP contribution in [0.4, 0.5) is 17.2 Å². The summed E-state index contributed by atoms with van der Waals surface area (Å²) < 4.78 is 1.60. The molecule has 0 bridgehead atoms. The van der Waals surface area contributed by atoms with Crippen molar-refractivity contribution < 1.29 is 4.92 Å². The Bertz CT molecular complexity index is 567. The molecule has 1 heterocycles. The number of halogens is 1. The predicted molar refractivity (Wildman–Crippen MR) is 64.6 cm³/mol. The minimum atomic E-state index is -0.489. The summed E-state index contributed by atoms with van der Waals surface area (Å²) in [6, 6.07) is 6.15. The van der Waals surface area contributed by atoms with Crippen molar-refractivity contribution in [1.82, 2.24) is 9.78 Å². The van der Waals surface area contributed by atoms with E-state index in [2.05, 4.69) is 10.4 Å². The molecule has 88 valence electrons. The maximum atomic E-state index is 10.9. The normalized spacial score (nSPS) is 10.2. The molecule has 0 atom stereocenters. The fraction of sp³-hybridized carbons (Fsp3) is 0.100. The Morgan fingerprint density at radius 1 is 1.47 bits per heavy atom. The van der Waals surface area contributed by atoms with Crippen molar-refractivity contribution in [2.45, 2.75) is 0 Å². The average Bonchev–Trinajstić information content (AvgIpc) is 2.66. The number of nitrogens with zero attached hydrogens (tertiary/aromatic N) is 3. The molecular weight excluding hydrogens is 244 g/mol. The summed E-state index contributed by atoms with van der Waals surface area (Å²) in [6.45, 7) is 0. The molecule has 17 heavy (non-hydrogen) atoms. The lowest BCUT2D eigenvalue weighted by atomic mass is 10.2. The molecule has 0 radical (unpaired) electrons. The third kappa shape index (κ3) is 2.54. The second-order valence-corrected chi connectivity index (χ2v) is 3.85. The molecule has 0 saturated heterocycles. The highest BCUT2D eigenvalue weighted by atomic mass is 35.5. The first-order valence-electron chi connectivity index (χ1n) is 4.77. The molecule has 1 N–H and O–H groups in total. The van der Waals surface area contributed by atoms with Gasteiger partial charge in [-0.25, -0.2) is 0 Å². The van der Waals surface area contributed by atoms with Gasteiger partial charge in [0.25, 0.3) is 5.69 Å². The highest BCUT2D eigenvalue weighted by molar-refractivity contribution is 6.30. The standard InChI is InChI=1S/C10H9ClN4O2/c1-14-5-4-10(13-14)12-8-3-2-7(11)6-9(8)15(16)17/h2-6H,1H3,(H,12,13). The minimum Gasteiger partial charge on any atom is -0.333 e. The van der Waals surface area contributed by atoms with Crippen LogP contribution in [-0.2, 0) is 7.05 Å². The molecule has 0 fully saturated rings. The number of aromatic nitrogens is 2. The molecule has 0 aliphatic carbocycles. The molecule has 2 aromatic rings. The number of nitro benzene ring substituents is 1. The van der Waals surface area contributed by atoms with E-state index in [1.165, 1.54) is 6.07 Å². The van der Waals surface area contributed by atoms with Crippen LogP contribution in [0.5, 0.6) is 0 Å². The second-order valence-electron chi connectivity index (χ2n) is 3.42. The molecule has 0 saturated carbocycles. The van der Waals surface area contributed by atoms with Gasteiger partial charge < -0.3 is 5.32 Å². The Kier molecular flexibility index (Phi) is 2.97. The minimum absolute atomic E-state index is 0.0804. The van der Waals surface area contributed by atoms with Crippen LogP contribution in [0.2, 0.25) is 5.02 Å². The summed E-state index contributed by atoms with van der Waals surface area (Å²) in [5.41, 5.74) is 0.279. The number of nitrogens with one attached hydrogen (secondary N) is 1. The van der Waals surface area contributed by atoms with Crippen LogP contribution in [-0.4, -0.2) is 14.7 Å². The van der Waals surface area contributed by atoms with Crippen molar-refractivity contribution >= 4 is 28.8 Å². The second kappa shape index (κ2) is 4.42. The fourth-order valence-electron chi connectivity index (χ4n) is 1.38. The van der Waals surface area contributed by atoms with Gasteiger partial charge >= 0.3 is 0 Å². The quantitative estimate of drug-likeness (QED) is 0.673. The number of hydrogen-bond acceptors (Lipinski definition) is 4. The molecule has 0 aliphatic rings. The van der Waals surface area contributed by atoms with Gasteiger partial charge in [0.05, 0.1) is 4.92 Å². The lowest BCUT2D eigenvalue weighted by molar-refractivity contribution is -0.383. The van der Waals surface area contributed by atoms with E-state index >= 15 is 0 Å². The number of nitro groups is 1. The SMILES string of the molecule is Cn1ccc(Nc2ccc(Cl)cc2[N+](=O)[O-])n1. The van der Waals surface area contributed by atoms with Crippen LogP contribution in [0.1, 0.15) is 0 Å². The summed E-state index contributed by atoms with van der Waals surface area (Å²) in [6.07, 6.45) is 1.74. The summed E-state index contributed by atoms with van der Waals surface area (Å²) in [7, 11) is 1.77. The molecule has 0 amide bonds. The van der Waals surface area contributed by atoms with Crippen molar-refractivity contribution in [2.24, 2.45) is 7.05 Å². The Morgan fingerprint density at radius 3 is 2.82 bits per heavy atom. The van der Waals surface area contributed by atoms with Crippen LogP contribution in [0.3, 0.4) is 0 Å². The topological polar surface area (TPSA) is 73.0 Å². The van der Waals surface area contributed by atoms with Gasteiger partial charge in [-0.1, -0.05) is 11.6 Å². The highest BCUT2D eigenvalue weighted by Gasteiger charge is 2.14. The van der Waals surface area contributed by atoms with E-state index in [1.54, 1.807) is 36.1 Å². The smallest absolute Gasteiger partial charge is 0.294 e. The Hall–Kier alpha value is -2.08. The van der Waals surface area contributed by atoms with Crippen molar-refractivity contribution in [3.05, 3.63) is 45.6 Å². The van der Waals surface area contributed by atoms with E-state index in [-0.39, 0.29) is 5.69 Å². The lowest BCUT2D eigenvalue weighted by Crippen LogP contribution is -1.98. The Balaban J connectivity index is 2.35. The van der Waals surface area contributed by atoms with E-state index in [0.29, 0.717) is 16.5 Å². The van der Waals surface area contributed by atoms with Gasteiger partial charge in [-0.15, -0.1) is 0 Å². The monoisotopic (exact) mass is 252 g/mol. The van der Waals surface area contributed by atoms with Gasteiger partial charge in [-0.05, 0) is 12.1 Å². The summed E-state index contributed by atoms with van der Waals surface area (Å²) >= 11 is 5.72. The van der Waals surface area contributed by atoms with Crippen LogP contribution >= 0.6 is 11.6 Å². The van der Waals surface area contributed by atoms with Gasteiger partial charge in [0.2, 0.25) is 0 Å². The number of hydrogen-bond donors (Lipinski definition) is 1. The highest BCUT2D eigenvalue weighted by Crippen LogP contribution is 2.29. The number of anilines is 2. The first kappa shape index (κ1) is 11.4. The molecule has 2 rings (SSSR count). The Labute approximate surface area is 102 Å². The fourth-order valence-corrected chi connectivity index (χ4v) is 1.55. The van der Waals surface area contributed by atoms with E-state index in [1.807, 2.05) is 0 Å². The zero-order chi connectivity index (χ0) is 12.4. The van der Waals surface area contributed by atoms with Crippen LogP contribution < -0.4 is 5.32 Å². The van der Waals surface area contributed by atoms with Gasteiger partial charge in [0.15, 0.2) is 5.82 Å². The van der Waals surface area contributed by atoms with Crippen LogP contribution in [0, 0.1) is 10.1 Å². The van der Waals surface area contributed by atoms with Crippen molar-refractivity contribution in [1.29, 1.82) is 0 Å². The predicted octanol–water partition coefficient (Wildman–Crippen LogP) is 2.73. The molecule has 0 unspecified atom stereocenters. The van der Waals surface area contributed by atoms with Crippen molar-refractivity contribution in [3.8, 4) is 0 Å². The molecular formula is C10H9ClN4O2. The number of rotatable bonds is 3. The molecule has 7 heteroatoms. The van der Waals surface area contributed by atoms with E-state index in [9.17, 15) is 10.1 Å². The lowest BCUT2D eigenvalue weighted by Gasteiger charge is -2.04. The maximum absolute atomic E-state index is 10.9.